The van der Waals surface area contributed by atoms with E-state index in [2.05, 4.69) is 0 Å². The number of aryl methyl sites for hydroxylation is 2. The fraction of sp³-hybridized carbons (Fsp3) is 0.350. The van der Waals surface area contributed by atoms with Crippen LogP contribution in [0.1, 0.15) is 23.6 Å². The third kappa shape index (κ3) is 4.85. The van der Waals surface area contributed by atoms with Crippen LogP contribution in [-0.2, 0) is 21.4 Å². The van der Waals surface area contributed by atoms with E-state index in [4.69, 9.17) is 0 Å². The average molecular weight is 375 g/mol. The Morgan fingerprint density at radius 1 is 0.962 bits per heavy atom. The van der Waals surface area contributed by atoms with Gasteiger partial charge >= 0.3 is 0 Å². The molecule has 0 N–H and O–H groups in total. The van der Waals surface area contributed by atoms with E-state index < -0.39 is 16.1 Å². The second kappa shape index (κ2) is 7.91. The summed E-state index contributed by atoms with van der Waals surface area (Å²) in [6, 6.07) is 14.2. The quantitative estimate of drug-likeness (QED) is 0.781. The zero-order valence-electron chi connectivity index (χ0n) is 15.9. The molecule has 0 unspecified atom stereocenters. The lowest BCUT2D eigenvalue weighted by Crippen LogP contribution is -2.48. The van der Waals surface area contributed by atoms with E-state index in [1.807, 2.05) is 50.2 Å². The molecule has 0 spiro atoms. The molecule has 1 amide bonds. The Hall–Kier alpha value is -2.34. The molecule has 0 aliphatic carbocycles. The van der Waals surface area contributed by atoms with Gasteiger partial charge in [0, 0.05) is 13.6 Å². The van der Waals surface area contributed by atoms with Gasteiger partial charge in [-0.25, -0.2) is 8.42 Å². The normalized spacial score (nSPS) is 12.5. The van der Waals surface area contributed by atoms with Gasteiger partial charge in [0.1, 0.15) is 6.04 Å². The molecule has 1 atom stereocenters. The number of rotatable bonds is 6. The highest BCUT2D eigenvalue weighted by atomic mass is 32.2. The smallest absolute Gasteiger partial charge is 0.246 e. The summed E-state index contributed by atoms with van der Waals surface area (Å²) >= 11 is 0. The summed E-state index contributed by atoms with van der Waals surface area (Å²) < 4.78 is 25.9. The number of hydrogen-bond donors (Lipinski definition) is 0. The molecule has 6 heteroatoms. The van der Waals surface area contributed by atoms with Crippen molar-refractivity contribution in [2.45, 2.75) is 33.4 Å². The van der Waals surface area contributed by atoms with Crippen molar-refractivity contribution in [3.05, 3.63) is 65.2 Å². The van der Waals surface area contributed by atoms with E-state index in [1.165, 1.54) is 4.31 Å². The van der Waals surface area contributed by atoms with Crippen molar-refractivity contribution < 1.29 is 13.2 Å². The summed E-state index contributed by atoms with van der Waals surface area (Å²) in [7, 11) is -1.91. The van der Waals surface area contributed by atoms with E-state index in [-0.39, 0.29) is 5.91 Å². The highest BCUT2D eigenvalue weighted by Gasteiger charge is 2.30. The van der Waals surface area contributed by atoms with Gasteiger partial charge in [-0.1, -0.05) is 47.5 Å². The van der Waals surface area contributed by atoms with E-state index >= 15 is 0 Å². The molecule has 26 heavy (non-hydrogen) atoms. The van der Waals surface area contributed by atoms with Gasteiger partial charge in [-0.2, -0.15) is 0 Å². The van der Waals surface area contributed by atoms with Gasteiger partial charge in [0.05, 0.1) is 11.9 Å². The molecule has 140 valence electrons. The Labute approximate surface area is 156 Å². The van der Waals surface area contributed by atoms with Crippen LogP contribution in [0.5, 0.6) is 0 Å². The Kier molecular flexibility index (Phi) is 6.08. The zero-order chi connectivity index (χ0) is 19.5. The largest absolute Gasteiger partial charge is 0.340 e. The lowest BCUT2D eigenvalue weighted by Gasteiger charge is -2.31. The first-order chi connectivity index (χ1) is 12.1. The van der Waals surface area contributed by atoms with E-state index in [1.54, 1.807) is 31.0 Å². The van der Waals surface area contributed by atoms with Crippen LogP contribution in [0.25, 0.3) is 0 Å². The average Bonchev–Trinajstić information content (AvgIpc) is 2.57. The predicted octanol–water partition coefficient (Wildman–Crippen LogP) is 3.12. The summed E-state index contributed by atoms with van der Waals surface area (Å²) in [4.78, 5) is 14.4. The molecule has 0 aromatic heterocycles. The molecule has 0 saturated carbocycles. The van der Waals surface area contributed by atoms with Crippen LogP contribution in [0, 0.1) is 13.8 Å². The Morgan fingerprint density at radius 3 is 1.88 bits per heavy atom. The monoisotopic (exact) mass is 374 g/mol. The number of benzene rings is 2. The molecule has 0 heterocycles. The summed E-state index contributed by atoms with van der Waals surface area (Å²) in [6.45, 7) is 5.98. The van der Waals surface area contributed by atoms with Crippen molar-refractivity contribution in [3.8, 4) is 0 Å². The maximum atomic E-state index is 12.9. The number of amides is 1. The zero-order valence-corrected chi connectivity index (χ0v) is 16.7. The van der Waals surface area contributed by atoms with Crippen LogP contribution >= 0.6 is 0 Å². The molecular weight excluding hydrogens is 348 g/mol. The summed E-state index contributed by atoms with van der Waals surface area (Å²) in [5.74, 6) is -0.253. The molecule has 5 nitrogen and oxygen atoms in total. The van der Waals surface area contributed by atoms with Crippen molar-refractivity contribution in [1.82, 2.24) is 4.90 Å². The highest BCUT2D eigenvalue weighted by molar-refractivity contribution is 7.92. The lowest BCUT2D eigenvalue weighted by molar-refractivity contribution is -0.131. The van der Waals surface area contributed by atoms with Crippen LogP contribution in [0.15, 0.2) is 48.5 Å². The molecule has 0 bridgehead atoms. The van der Waals surface area contributed by atoms with Crippen molar-refractivity contribution in [2.75, 3.05) is 17.6 Å². The molecule has 0 radical (unpaired) electrons. The molecule has 2 aromatic carbocycles. The molecular formula is C20H26N2O3S. The van der Waals surface area contributed by atoms with E-state index in [9.17, 15) is 13.2 Å². The van der Waals surface area contributed by atoms with Gasteiger partial charge in [0.2, 0.25) is 15.9 Å². The minimum absolute atomic E-state index is 0.253. The topological polar surface area (TPSA) is 57.7 Å². The van der Waals surface area contributed by atoms with Crippen molar-refractivity contribution in [3.63, 3.8) is 0 Å². The summed E-state index contributed by atoms with van der Waals surface area (Å²) in [5.41, 5.74) is 3.67. The van der Waals surface area contributed by atoms with Crippen molar-refractivity contribution >= 4 is 21.6 Å². The number of nitrogens with zero attached hydrogens (tertiary/aromatic N) is 2. The summed E-state index contributed by atoms with van der Waals surface area (Å²) in [6.07, 6.45) is 1.12. The Balaban J connectivity index is 2.23. The van der Waals surface area contributed by atoms with Crippen molar-refractivity contribution in [1.29, 1.82) is 0 Å². The van der Waals surface area contributed by atoms with Gasteiger partial charge in [-0.05, 0) is 38.5 Å². The van der Waals surface area contributed by atoms with Crippen LogP contribution in [0.3, 0.4) is 0 Å². The number of likely N-dealkylation sites (N-methyl/N-ethyl adjacent to an activating group) is 1. The fourth-order valence-corrected chi connectivity index (χ4v) is 4.03. The first-order valence-corrected chi connectivity index (χ1v) is 10.3. The maximum absolute atomic E-state index is 12.9. The van der Waals surface area contributed by atoms with Crippen LogP contribution in [0.4, 0.5) is 5.69 Å². The number of anilines is 1. The third-order valence-corrected chi connectivity index (χ3v) is 5.51. The number of sulfonamides is 1. The van der Waals surface area contributed by atoms with Crippen LogP contribution in [-0.4, -0.2) is 38.6 Å². The van der Waals surface area contributed by atoms with E-state index in [0.717, 1.165) is 22.9 Å². The molecule has 2 rings (SSSR count). The second-order valence-corrected chi connectivity index (χ2v) is 8.61. The fourth-order valence-electron chi connectivity index (χ4n) is 2.86. The van der Waals surface area contributed by atoms with Gasteiger partial charge in [-0.15, -0.1) is 0 Å². The minimum atomic E-state index is -3.60. The first-order valence-electron chi connectivity index (χ1n) is 8.46. The van der Waals surface area contributed by atoms with Crippen molar-refractivity contribution in [2.24, 2.45) is 0 Å². The number of carbonyl (C=O) groups is 1. The van der Waals surface area contributed by atoms with Gasteiger partial charge in [0.15, 0.2) is 0 Å². The SMILES string of the molecule is Cc1ccc(CN(C)C(=O)[C@@H](C)N(c2ccc(C)cc2)S(C)(=O)=O)cc1. The Bertz CT molecular complexity index is 859. The Morgan fingerprint density at radius 2 is 1.42 bits per heavy atom. The number of hydrogen-bond acceptors (Lipinski definition) is 3. The van der Waals surface area contributed by atoms with Gasteiger partial charge in [0.25, 0.3) is 0 Å². The lowest BCUT2D eigenvalue weighted by atomic mass is 10.1. The number of carbonyl (C=O) groups excluding carboxylic acids is 1. The first kappa shape index (κ1) is 20.0. The minimum Gasteiger partial charge on any atom is -0.340 e. The maximum Gasteiger partial charge on any atom is 0.246 e. The van der Waals surface area contributed by atoms with Gasteiger partial charge < -0.3 is 4.90 Å². The molecule has 0 aliphatic heterocycles. The molecule has 0 saturated heterocycles. The standard InChI is InChI=1S/C20H26N2O3S/c1-15-6-10-18(11-7-15)14-21(4)20(23)17(3)22(26(5,24)25)19-12-8-16(2)9-13-19/h6-13,17H,14H2,1-5H3/t17-/m1/s1. The highest BCUT2D eigenvalue weighted by Crippen LogP contribution is 2.22. The molecule has 0 fully saturated rings. The van der Waals surface area contributed by atoms with Crippen LogP contribution < -0.4 is 4.31 Å². The summed E-state index contributed by atoms with van der Waals surface area (Å²) in [5, 5.41) is 0. The predicted molar refractivity (Wildman–Crippen MR) is 106 cm³/mol. The van der Waals surface area contributed by atoms with Gasteiger partial charge in [-0.3, -0.25) is 9.10 Å². The molecule has 0 aliphatic rings. The van der Waals surface area contributed by atoms with Crippen LogP contribution in [0.2, 0.25) is 0 Å². The van der Waals surface area contributed by atoms with E-state index in [0.29, 0.717) is 12.2 Å². The molecule has 2 aromatic rings. The second-order valence-electron chi connectivity index (χ2n) is 6.75. The third-order valence-electron chi connectivity index (χ3n) is 4.27.